The number of amides is 1. The van der Waals surface area contributed by atoms with Crippen LogP contribution in [0.5, 0.6) is 0 Å². The molecular weight excluding hydrogens is 386 g/mol. The highest BCUT2D eigenvalue weighted by Crippen LogP contribution is 2.45. The van der Waals surface area contributed by atoms with Gasteiger partial charge in [0.25, 0.3) is 11.8 Å². The third-order valence-electron chi connectivity index (χ3n) is 5.26. The second kappa shape index (κ2) is 6.27. The van der Waals surface area contributed by atoms with Gasteiger partial charge in [0, 0.05) is 16.4 Å². The maximum Gasteiger partial charge on any atom is 0.261 e. The molecule has 5 rings (SSSR count). The van der Waals surface area contributed by atoms with E-state index in [4.69, 9.17) is 4.52 Å². The van der Waals surface area contributed by atoms with Gasteiger partial charge in [0.1, 0.15) is 5.00 Å². The molecule has 1 amide bonds. The average Bonchev–Trinajstić information content (AvgIpc) is 3.04. The molecule has 0 saturated heterocycles. The number of allylic oxidation sites excluding steroid dienone is 1. The number of anilines is 1. The minimum Gasteiger partial charge on any atom is -0.334 e. The van der Waals surface area contributed by atoms with Crippen molar-refractivity contribution in [3.63, 3.8) is 0 Å². The summed E-state index contributed by atoms with van der Waals surface area (Å²) < 4.78 is 29.6. The Bertz CT molecular complexity index is 1060. The Labute approximate surface area is 160 Å². The summed E-state index contributed by atoms with van der Waals surface area (Å²) in [4.78, 5) is 17.9. The lowest BCUT2D eigenvalue weighted by Crippen LogP contribution is -2.17. The molecule has 0 spiro atoms. The van der Waals surface area contributed by atoms with Crippen LogP contribution in [0.25, 0.3) is 11.5 Å². The lowest BCUT2D eigenvalue weighted by Gasteiger charge is -2.12. The molecule has 27 heavy (non-hydrogen) atoms. The van der Waals surface area contributed by atoms with Gasteiger partial charge in [0.05, 0.1) is 17.1 Å². The number of hydrogen-bond acceptors (Lipinski definition) is 7. The summed E-state index contributed by atoms with van der Waals surface area (Å²) in [6.07, 6.45) is 7.18. The molecule has 0 atom stereocenters. The van der Waals surface area contributed by atoms with Crippen LogP contribution in [-0.4, -0.2) is 30.2 Å². The molecule has 1 aliphatic heterocycles. The van der Waals surface area contributed by atoms with Crippen LogP contribution < -0.4 is 5.32 Å². The largest absolute Gasteiger partial charge is 0.334 e. The molecule has 9 heteroatoms. The number of nitrogens with one attached hydrogen (secondary N) is 1. The van der Waals surface area contributed by atoms with Crippen LogP contribution in [0.3, 0.4) is 0 Å². The van der Waals surface area contributed by atoms with Gasteiger partial charge < -0.3 is 9.84 Å². The number of nitrogens with zero attached hydrogens (tertiary/aromatic N) is 2. The Morgan fingerprint density at radius 1 is 1.30 bits per heavy atom. The number of hydrogen-bond donors (Lipinski definition) is 1. The monoisotopic (exact) mass is 405 g/mol. The normalized spacial score (nSPS) is 21.0. The second-order valence-corrected chi connectivity index (χ2v) is 10.6. The second-order valence-electron chi connectivity index (χ2n) is 7.36. The number of aromatic nitrogens is 2. The van der Waals surface area contributed by atoms with Crippen molar-refractivity contribution in [3.05, 3.63) is 27.9 Å². The van der Waals surface area contributed by atoms with Crippen molar-refractivity contribution in [3.8, 4) is 11.5 Å². The number of fused-ring (bicyclic) bond motifs is 1. The Morgan fingerprint density at radius 2 is 2.15 bits per heavy atom. The van der Waals surface area contributed by atoms with E-state index in [1.54, 1.807) is 0 Å². The highest BCUT2D eigenvalue weighted by molar-refractivity contribution is 7.90. The van der Waals surface area contributed by atoms with E-state index in [9.17, 15) is 13.2 Å². The van der Waals surface area contributed by atoms with Crippen molar-refractivity contribution in [1.29, 1.82) is 0 Å². The summed E-state index contributed by atoms with van der Waals surface area (Å²) in [5, 5.41) is 7.68. The summed E-state index contributed by atoms with van der Waals surface area (Å²) in [5.41, 5.74) is 2.40. The summed E-state index contributed by atoms with van der Waals surface area (Å²) in [6, 6.07) is 0. The highest BCUT2D eigenvalue weighted by atomic mass is 32.2. The van der Waals surface area contributed by atoms with Gasteiger partial charge in [0.15, 0.2) is 15.7 Å². The Balaban J connectivity index is 1.56. The molecule has 0 radical (unpaired) electrons. The Kier molecular flexibility index (Phi) is 3.98. The van der Waals surface area contributed by atoms with Crippen LogP contribution in [0.1, 0.15) is 54.3 Å². The van der Waals surface area contributed by atoms with Crippen LogP contribution >= 0.6 is 11.3 Å². The predicted molar refractivity (Wildman–Crippen MR) is 101 cm³/mol. The summed E-state index contributed by atoms with van der Waals surface area (Å²) in [5.74, 6) is 1.42. The van der Waals surface area contributed by atoms with E-state index in [-0.39, 0.29) is 17.4 Å². The number of carbonyl (C=O) groups excluding carboxylic acids is 1. The fraction of sp³-hybridized carbons (Fsp3) is 0.500. The molecule has 0 unspecified atom stereocenters. The quantitative estimate of drug-likeness (QED) is 0.838. The smallest absolute Gasteiger partial charge is 0.261 e. The van der Waals surface area contributed by atoms with Gasteiger partial charge in [-0.2, -0.15) is 4.98 Å². The van der Waals surface area contributed by atoms with Crippen LogP contribution in [0.15, 0.2) is 16.2 Å². The predicted octanol–water partition coefficient (Wildman–Crippen LogP) is 3.20. The van der Waals surface area contributed by atoms with Crippen molar-refractivity contribution in [1.82, 2.24) is 10.1 Å². The highest BCUT2D eigenvalue weighted by Gasteiger charge is 2.34. The Hall–Kier alpha value is -2.00. The molecule has 3 heterocycles. The zero-order valence-corrected chi connectivity index (χ0v) is 16.3. The van der Waals surface area contributed by atoms with E-state index in [0.717, 1.165) is 48.1 Å². The van der Waals surface area contributed by atoms with Crippen molar-refractivity contribution in [2.45, 2.75) is 50.2 Å². The third-order valence-corrected chi connectivity index (χ3v) is 8.15. The maximum absolute atomic E-state index is 12.6. The first-order valence-electron chi connectivity index (χ1n) is 9.19. The number of carbonyl (C=O) groups is 1. The van der Waals surface area contributed by atoms with E-state index in [2.05, 4.69) is 15.5 Å². The summed E-state index contributed by atoms with van der Waals surface area (Å²) in [6.45, 7) is 0. The van der Waals surface area contributed by atoms with Crippen molar-refractivity contribution < 1.29 is 17.7 Å². The van der Waals surface area contributed by atoms with Crippen LogP contribution in [0.2, 0.25) is 0 Å². The van der Waals surface area contributed by atoms with E-state index >= 15 is 0 Å². The van der Waals surface area contributed by atoms with Crippen LogP contribution in [0.4, 0.5) is 5.00 Å². The lowest BCUT2D eigenvalue weighted by molar-refractivity contribution is -0.112. The molecule has 142 valence electrons. The molecular formula is C18H19N3O4S2. The molecule has 1 fully saturated rings. The van der Waals surface area contributed by atoms with Gasteiger partial charge in [-0.3, -0.25) is 4.79 Å². The average molecular weight is 406 g/mol. The molecule has 3 aliphatic rings. The molecule has 0 aromatic carbocycles. The van der Waals surface area contributed by atoms with Gasteiger partial charge in [-0.1, -0.05) is 11.2 Å². The van der Waals surface area contributed by atoms with Crippen molar-refractivity contribution in [2.75, 3.05) is 11.1 Å². The van der Waals surface area contributed by atoms with Crippen molar-refractivity contribution >= 4 is 32.1 Å². The molecule has 2 aromatic rings. The van der Waals surface area contributed by atoms with E-state index in [0.29, 0.717) is 34.6 Å². The molecule has 0 bridgehead atoms. The molecule has 2 aromatic heterocycles. The molecule has 7 nitrogen and oxygen atoms in total. The summed E-state index contributed by atoms with van der Waals surface area (Å²) in [7, 11) is -3.10. The zero-order valence-electron chi connectivity index (χ0n) is 14.7. The number of sulfone groups is 1. The topological polar surface area (TPSA) is 102 Å². The first-order valence-corrected chi connectivity index (χ1v) is 11.8. The van der Waals surface area contributed by atoms with Crippen molar-refractivity contribution in [2.24, 2.45) is 0 Å². The van der Waals surface area contributed by atoms with Crippen LogP contribution in [0, 0.1) is 0 Å². The fourth-order valence-electron chi connectivity index (χ4n) is 3.64. The minimum atomic E-state index is -3.10. The maximum atomic E-state index is 12.6. The Morgan fingerprint density at radius 3 is 2.89 bits per heavy atom. The van der Waals surface area contributed by atoms with Gasteiger partial charge in [-0.15, -0.1) is 11.3 Å². The van der Waals surface area contributed by atoms with E-state index in [1.165, 1.54) is 11.3 Å². The van der Waals surface area contributed by atoms with Gasteiger partial charge in [-0.05, 0) is 44.1 Å². The standard InChI is InChI=1S/C18H19N3O4S2/c22-16(11-3-1-2-4-11)20-18-14(17-19-15(21-25-17)10-5-6-10)12-7-8-27(23,24)9-13(12)26-18/h3,10H,1-2,4-9H2,(H,20,22). The first kappa shape index (κ1) is 17.1. The number of rotatable bonds is 4. The third kappa shape index (κ3) is 3.23. The van der Waals surface area contributed by atoms with E-state index < -0.39 is 9.84 Å². The fourth-order valence-corrected chi connectivity index (χ4v) is 6.68. The van der Waals surface area contributed by atoms with Gasteiger partial charge in [-0.25, -0.2) is 8.42 Å². The zero-order chi connectivity index (χ0) is 18.6. The SMILES string of the molecule is O=C(Nc1sc2c(c1-c1nc(C3CC3)no1)CCS(=O)(=O)C2)C1=CCCC1. The minimum absolute atomic E-state index is 0.00217. The number of thiophene rings is 1. The van der Waals surface area contributed by atoms with Crippen LogP contribution in [-0.2, 0) is 26.8 Å². The lowest BCUT2D eigenvalue weighted by atomic mass is 10.1. The van der Waals surface area contributed by atoms with Gasteiger partial charge >= 0.3 is 0 Å². The first-order chi connectivity index (χ1) is 13.0. The summed E-state index contributed by atoms with van der Waals surface area (Å²) >= 11 is 1.31. The van der Waals surface area contributed by atoms with Gasteiger partial charge in [0.2, 0.25) is 0 Å². The van der Waals surface area contributed by atoms with E-state index in [1.807, 2.05) is 6.08 Å². The molecule has 1 saturated carbocycles. The molecule has 2 aliphatic carbocycles. The molecule has 1 N–H and O–H groups in total.